The summed E-state index contributed by atoms with van der Waals surface area (Å²) in [4.78, 5) is 14.1. The van der Waals surface area contributed by atoms with Gasteiger partial charge in [0.25, 0.3) is 0 Å². The lowest BCUT2D eigenvalue weighted by Gasteiger charge is -2.34. The molecule has 0 saturated heterocycles. The first-order chi connectivity index (χ1) is 37.0. The molecule has 4 aromatic heterocycles. The number of aryl methyl sites for hydroxylation is 1. The average molecular weight is 1140 g/mol. The molecule has 5 heterocycles. The number of allylic oxidation sites excluding steroid dienone is 2. The van der Waals surface area contributed by atoms with Crippen LogP contribution in [-0.4, -0.2) is 50.9 Å². The first-order valence-corrected chi connectivity index (χ1v) is 27.6. The normalized spacial score (nSPS) is 20.0. The van der Waals surface area contributed by atoms with Crippen LogP contribution in [0.25, 0.3) is 5.57 Å². The maximum Gasteiger partial charge on any atom is 0.435 e. The van der Waals surface area contributed by atoms with E-state index in [9.17, 15) is 57.5 Å². The zero-order chi connectivity index (χ0) is 59.6. The maximum atomic E-state index is 13.0. The number of anilines is 1. The minimum absolute atomic E-state index is 0.000741. The monoisotopic (exact) mass is 1140 g/mol. The number of ketones is 1. The number of Topliss-reactive ketones (excluding diaryl/α,β-unsaturated/α-hetero) is 1. The summed E-state index contributed by atoms with van der Waals surface area (Å²) in [7, 11) is 0. The number of carbonyl (C=O) groups is 1. The van der Waals surface area contributed by atoms with Crippen LogP contribution in [0.2, 0.25) is 0 Å². The van der Waals surface area contributed by atoms with E-state index in [1.165, 1.54) is 32.4 Å². The van der Waals surface area contributed by atoms with Gasteiger partial charge in [0.05, 0.1) is 11.3 Å². The first-order valence-electron chi connectivity index (χ1n) is 27.6. The number of rotatable bonds is 8. The van der Waals surface area contributed by atoms with Crippen molar-refractivity contribution in [3.05, 3.63) is 116 Å². The molecule has 1 aliphatic heterocycles. The Morgan fingerprint density at radius 1 is 0.625 bits per heavy atom. The Bertz CT molecular complexity index is 3080. The van der Waals surface area contributed by atoms with Crippen LogP contribution in [0.1, 0.15) is 237 Å². The van der Waals surface area contributed by atoms with Gasteiger partial charge in [-0.25, -0.2) is 0 Å². The van der Waals surface area contributed by atoms with Gasteiger partial charge in [0, 0.05) is 99.2 Å². The molecule has 80 heavy (non-hydrogen) atoms. The highest BCUT2D eigenvalue weighted by molar-refractivity contribution is 6.06. The number of halogens is 12. The number of nitrogens with zero attached hydrogens (tertiary/aromatic N) is 9. The van der Waals surface area contributed by atoms with E-state index >= 15 is 0 Å². The minimum atomic E-state index is -4.52. The van der Waals surface area contributed by atoms with Crippen LogP contribution in [0.3, 0.4) is 0 Å². The van der Waals surface area contributed by atoms with Gasteiger partial charge in [-0.1, -0.05) is 38.6 Å². The SMILES string of the molecule is C=C1C=C(C)c2ccccc2N1C(C)C.CC(C)n1nc(C(F)(F)F)c2c1C1CC1CC2.CC(C)n1nc2c(c1C(F)(F)F)C(=O)C1CC21.CCc1c(C2CC2)c(C(F)(F)F)nn1C(C)C.CCc1cn(C(C)C)nc1C(F)(F)F. The number of alkyl halides is 12. The van der Waals surface area contributed by atoms with Crippen LogP contribution in [0, 0.1) is 11.8 Å². The average Bonchev–Trinajstić information content (AvgIpc) is 4.43. The minimum Gasteiger partial charge on any atom is -0.339 e. The van der Waals surface area contributed by atoms with Gasteiger partial charge in [0.2, 0.25) is 0 Å². The summed E-state index contributed by atoms with van der Waals surface area (Å²) >= 11 is 0. The van der Waals surface area contributed by atoms with Crippen molar-refractivity contribution in [1.82, 2.24) is 39.1 Å². The van der Waals surface area contributed by atoms with Crippen LogP contribution in [0.4, 0.5) is 58.4 Å². The molecular formula is C58H73F12N9O. The highest BCUT2D eigenvalue weighted by Gasteiger charge is 2.58. The molecule has 10 nitrogen and oxygen atoms in total. The molecular weight excluding hydrogens is 1070 g/mol. The number of hydrogen-bond donors (Lipinski definition) is 0. The summed E-state index contributed by atoms with van der Waals surface area (Å²) in [5.74, 6) is 0.370. The molecule has 440 valence electrons. The second-order valence-corrected chi connectivity index (χ2v) is 22.9. The van der Waals surface area contributed by atoms with Gasteiger partial charge in [-0.15, -0.1) is 0 Å². The summed E-state index contributed by atoms with van der Waals surface area (Å²) in [5.41, 5.74) is 5.03. The highest BCUT2D eigenvalue weighted by atomic mass is 19.4. The van der Waals surface area contributed by atoms with E-state index in [1.807, 2.05) is 34.6 Å². The summed E-state index contributed by atoms with van der Waals surface area (Å²) in [6, 6.07) is 8.47. The van der Waals surface area contributed by atoms with Crippen LogP contribution in [0.5, 0.6) is 0 Å². The van der Waals surface area contributed by atoms with Gasteiger partial charge in [-0.3, -0.25) is 23.5 Å². The van der Waals surface area contributed by atoms with Crippen LogP contribution >= 0.6 is 0 Å². The Kier molecular flexibility index (Phi) is 17.6. The van der Waals surface area contributed by atoms with Crippen molar-refractivity contribution in [2.45, 2.75) is 214 Å². The van der Waals surface area contributed by atoms with Crippen molar-refractivity contribution in [2.75, 3.05) is 4.90 Å². The molecule has 4 atom stereocenters. The van der Waals surface area contributed by atoms with Gasteiger partial charge in [0.1, 0.15) is 0 Å². The number of benzene rings is 1. The second-order valence-electron chi connectivity index (χ2n) is 22.9. The van der Waals surface area contributed by atoms with Gasteiger partial charge < -0.3 is 4.90 Å². The topological polar surface area (TPSA) is 91.6 Å². The number of para-hydroxylation sites is 1. The van der Waals surface area contributed by atoms with Crippen LogP contribution in [-0.2, 0) is 44.0 Å². The fraction of sp³-hybridized carbons (Fsp3) is 0.603. The summed E-state index contributed by atoms with van der Waals surface area (Å²) in [6.45, 7) is 28.6. The van der Waals surface area contributed by atoms with Crippen molar-refractivity contribution in [3.63, 3.8) is 0 Å². The Labute approximate surface area is 459 Å². The Hall–Kier alpha value is -5.83. The van der Waals surface area contributed by atoms with E-state index in [4.69, 9.17) is 0 Å². The molecule has 5 aromatic rings. The predicted molar refractivity (Wildman–Crippen MR) is 282 cm³/mol. The van der Waals surface area contributed by atoms with Crippen molar-refractivity contribution >= 4 is 17.0 Å². The second kappa shape index (κ2) is 22.8. The van der Waals surface area contributed by atoms with Crippen molar-refractivity contribution in [3.8, 4) is 0 Å². The Morgan fingerprint density at radius 3 is 1.69 bits per heavy atom. The van der Waals surface area contributed by atoms with E-state index in [0.717, 1.165) is 47.4 Å². The molecule has 3 saturated carbocycles. The molecule has 0 amide bonds. The van der Waals surface area contributed by atoms with Crippen molar-refractivity contribution in [2.24, 2.45) is 11.8 Å². The summed E-state index contributed by atoms with van der Waals surface area (Å²) in [6.07, 6.45) is -8.07. The van der Waals surface area contributed by atoms with Gasteiger partial charge in [0.15, 0.2) is 28.6 Å². The lowest BCUT2D eigenvalue weighted by Crippen LogP contribution is -2.31. The van der Waals surface area contributed by atoms with Gasteiger partial charge in [-0.05, 0) is 157 Å². The smallest absolute Gasteiger partial charge is 0.339 e. The lowest BCUT2D eigenvalue weighted by molar-refractivity contribution is -0.145. The molecule has 4 unspecified atom stereocenters. The van der Waals surface area contributed by atoms with Crippen LogP contribution in [0.15, 0.2) is 48.8 Å². The molecule has 11 rings (SSSR count). The molecule has 0 N–H and O–H groups in total. The lowest BCUT2D eigenvalue weighted by atomic mass is 9.95. The molecule has 5 aliphatic carbocycles. The van der Waals surface area contributed by atoms with E-state index < -0.39 is 53.5 Å². The largest absolute Gasteiger partial charge is 0.435 e. The van der Waals surface area contributed by atoms with Crippen LogP contribution < -0.4 is 4.90 Å². The van der Waals surface area contributed by atoms with Crippen molar-refractivity contribution in [1.29, 1.82) is 0 Å². The number of aromatic nitrogens is 8. The highest BCUT2D eigenvalue weighted by Crippen LogP contribution is 2.59. The molecule has 0 bridgehead atoms. The summed E-state index contributed by atoms with van der Waals surface area (Å²) in [5, 5.41) is 15.2. The van der Waals surface area contributed by atoms with E-state index in [2.05, 4.69) is 83.0 Å². The van der Waals surface area contributed by atoms with E-state index in [0.29, 0.717) is 60.4 Å². The molecule has 6 aliphatic rings. The molecule has 0 spiro atoms. The standard InChI is InChI=1S/C14H17N.C12H15F3N2.C12H17F3N2.C11H11F3N2O.C9H13F3N2/c1-10(2)15-12(4)9-11(3)13-7-5-6-8-14(13)15;1-6(2)17-10-8(4-3-7-5-9(7)10)11(16-17)12(13,14)15;1-4-9-10(8-5-6-8)11(12(13,14)15)16-17(9)7(2)3;1-4(2)16-10(11(12,13)14)7-8(15-16)5-3-6(5)9(7)17;1-4-7-5-14(6(2)3)13-8(7)9(10,11)12/h5-10H,4H2,1-3H3;6-7,9H,3-5H2,1-2H3;7-8H,4-6H2,1-3H3;4-6H,3H2,1-2H3;5-6H,4H2,1-3H3. The number of carbonyl (C=O) groups excluding carboxylic acids is 1. The zero-order valence-electron chi connectivity index (χ0n) is 47.6. The summed E-state index contributed by atoms with van der Waals surface area (Å²) < 4.78 is 159. The fourth-order valence-electron chi connectivity index (χ4n) is 11.2. The number of fused-ring (bicyclic) bond motifs is 7. The quantitative estimate of drug-likeness (QED) is 0.144. The molecule has 3 fully saturated rings. The Balaban J connectivity index is 0.000000145. The third-order valence-corrected chi connectivity index (χ3v) is 15.2. The molecule has 1 aromatic carbocycles. The molecule has 22 heteroatoms. The number of hydrogen-bond acceptors (Lipinski definition) is 6. The van der Waals surface area contributed by atoms with E-state index in [1.54, 1.807) is 39.3 Å². The van der Waals surface area contributed by atoms with Crippen molar-refractivity contribution < 1.29 is 57.5 Å². The third-order valence-electron chi connectivity index (χ3n) is 15.2. The zero-order valence-corrected chi connectivity index (χ0v) is 47.6. The van der Waals surface area contributed by atoms with Gasteiger partial charge in [-0.2, -0.15) is 73.1 Å². The Morgan fingerprint density at radius 2 is 1.20 bits per heavy atom. The predicted octanol–water partition coefficient (Wildman–Crippen LogP) is 17.1. The van der Waals surface area contributed by atoms with Gasteiger partial charge >= 0.3 is 24.7 Å². The third kappa shape index (κ3) is 12.8. The fourth-order valence-corrected chi connectivity index (χ4v) is 11.2. The first kappa shape index (κ1) is 61.8. The molecule has 0 radical (unpaired) electrons. The van der Waals surface area contributed by atoms with E-state index in [-0.39, 0.29) is 52.8 Å². The maximum absolute atomic E-state index is 13.0.